The molecule has 0 aliphatic carbocycles. The Labute approximate surface area is 127 Å². The Balaban J connectivity index is 1.97. The molecule has 1 unspecified atom stereocenters. The zero-order valence-electron chi connectivity index (χ0n) is 12.9. The molecular formula is C15H24N2O3S. The van der Waals surface area contributed by atoms with Crippen LogP contribution >= 0.6 is 0 Å². The van der Waals surface area contributed by atoms with Crippen LogP contribution in [-0.4, -0.2) is 45.7 Å². The van der Waals surface area contributed by atoms with Crippen molar-refractivity contribution >= 4 is 10.0 Å². The van der Waals surface area contributed by atoms with E-state index in [2.05, 4.69) is 24.4 Å². The maximum Gasteiger partial charge on any atom is 0.214 e. The van der Waals surface area contributed by atoms with E-state index >= 15 is 0 Å². The summed E-state index contributed by atoms with van der Waals surface area (Å²) in [5.41, 5.74) is 2.44. The van der Waals surface area contributed by atoms with Crippen LogP contribution in [0.3, 0.4) is 0 Å². The standard InChI is InChI=1S/C15H24N2O3S/c1-4-14(16-8-10-21(18,19)17(2)3)12-5-6-15-13(11-12)7-9-20-15/h5-6,11,14,16H,4,7-10H2,1-3H3. The fourth-order valence-electron chi connectivity index (χ4n) is 2.47. The van der Waals surface area contributed by atoms with Gasteiger partial charge in [-0.25, -0.2) is 12.7 Å². The monoisotopic (exact) mass is 312 g/mol. The molecule has 1 heterocycles. The number of hydrogen-bond acceptors (Lipinski definition) is 4. The Bertz CT molecular complexity index is 585. The molecule has 1 N–H and O–H groups in total. The average molecular weight is 312 g/mol. The highest BCUT2D eigenvalue weighted by Gasteiger charge is 2.17. The summed E-state index contributed by atoms with van der Waals surface area (Å²) in [5, 5.41) is 3.34. The molecule has 1 atom stereocenters. The van der Waals surface area contributed by atoms with Gasteiger partial charge in [0.1, 0.15) is 5.75 Å². The van der Waals surface area contributed by atoms with E-state index in [0.717, 1.165) is 25.2 Å². The fraction of sp³-hybridized carbons (Fsp3) is 0.600. The summed E-state index contributed by atoms with van der Waals surface area (Å²) in [5.74, 6) is 1.09. The number of ether oxygens (including phenoxy) is 1. The van der Waals surface area contributed by atoms with Gasteiger partial charge in [0, 0.05) is 33.1 Å². The van der Waals surface area contributed by atoms with Crippen LogP contribution in [0.4, 0.5) is 0 Å². The molecule has 5 nitrogen and oxygen atoms in total. The third-order valence-electron chi connectivity index (χ3n) is 3.83. The van der Waals surface area contributed by atoms with Crippen molar-refractivity contribution in [3.8, 4) is 5.75 Å². The van der Waals surface area contributed by atoms with Gasteiger partial charge in [0.15, 0.2) is 0 Å². The first-order valence-electron chi connectivity index (χ1n) is 7.33. The van der Waals surface area contributed by atoms with Crippen molar-refractivity contribution in [3.63, 3.8) is 0 Å². The predicted molar refractivity (Wildman–Crippen MR) is 84.1 cm³/mol. The lowest BCUT2D eigenvalue weighted by Crippen LogP contribution is -2.32. The van der Waals surface area contributed by atoms with Crippen molar-refractivity contribution in [2.45, 2.75) is 25.8 Å². The maximum absolute atomic E-state index is 11.8. The van der Waals surface area contributed by atoms with Crippen molar-refractivity contribution in [2.75, 3.05) is 33.0 Å². The molecule has 1 aromatic carbocycles. The first kappa shape index (κ1) is 16.3. The Morgan fingerprint density at radius 3 is 2.81 bits per heavy atom. The van der Waals surface area contributed by atoms with E-state index in [9.17, 15) is 8.42 Å². The van der Waals surface area contributed by atoms with Gasteiger partial charge in [-0.1, -0.05) is 19.1 Å². The van der Waals surface area contributed by atoms with E-state index < -0.39 is 10.0 Å². The summed E-state index contributed by atoms with van der Waals surface area (Å²) in [6.07, 6.45) is 1.87. The number of rotatable bonds is 7. The van der Waals surface area contributed by atoms with Gasteiger partial charge in [0.2, 0.25) is 10.0 Å². The molecule has 1 aliphatic heterocycles. The van der Waals surface area contributed by atoms with E-state index in [1.54, 1.807) is 14.1 Å². The molecule has 0 radical (unpaired) electrons. The minimum absolute atomic E-state index is 0.116. The number of hydrogen-bond donors (Lipinski definition) is 1. The molecule has 6 heteroatoms. The molecule has 0 bridgehead atoms. The molecule has 0 aromatic heterocycles. The van der Waals surface area contributed by atoms with Crippen LogP contribution in [0.5, 0.6) is 5.75 Å². The summed E-state index contributed by atoms with van der Waals surface area (Å²) in [6, 6.07) is 6.42. The van der Waals surface area contributed by atoms with Gasteiger partial charge in [-0.3, -0.25) is 0 Å². The zero-order chi connectivity index (χ0) is 15.5. The summed E-state index contributed by atoms with van der Waals surface area (Å²) >= 11 is 0. The molecule has 0 saturated heterocycles. The number of benzene rings is 1. The van der Waals surface area contributed by atoms with E-state index in [1.165, 1.54) is 15.4 Å². The van der Waals surface area contributed by atoms with Gasteiger partial charge in [-0.15, -0.1) is 0 Å². The molecule has 1 aliphatic rings. The third-order valence-corrected chi connectivity index (χ3v) is 5.66. The molecule has 0 spiro atoms. The number of nitrogens with one attached hydrogen (secondary N) is 1. The molecule has 21 heavy (non-hydrogen) atoms. The van der Waals surface area contributed by atoms with Crippen molar-refractivity contribution in [2.24, 2.45) is 0 Å². The van der Waals surface area contributed by atoms with Crippen LogP contribution in [-0.2, 0) is 16.4 Å². The van der Waals surface area contributed by atoms with Crippen LogP contribution in [0, 0.1) is 0 Å². The Kier molecular flexibility index (Phi) is 5.24. The highest BCUT2D eigenvalue weighted by molar-refractivity contribution is 7.89. The first-order chi connectivity index (χ1) is 9.94. The van der Waals surface area contributed by atoms with Crippen molar-refractivity contribution in [1.29, 1.82) is 0 Å². The second kappa shape index (κ2) is 6.77. The second-order valence-electron chi connectivity index (χ2n) is 5.48. The van der Waals surface area contributed by atoms with Gasteiger partial charge >= 0.3 is 0 Å². The van der Waals surface area contributed by atoms with Gasteiger partial charge in [0.25, 0.3) is 0 Å². The summed E-state index contributed by atoms with van der Waals surface area (Å²) in [4.78, 5) is 0. The summed E-state index contributed by atoms with van der Waals surface area (Å²) < 4.78 is 30.3. The zero-order valence-corrected chi connectivity index (χ0v) is 13.7. The summed E-state index contributed by atoms with van der Waals surface area (Å²) in [6.45, 7) is 3.30. The smallest absolute Gasteiger partial charge is 0.214 e. The molecule has 0 saturated carbocycles. The lowest BCUT2D eigenvalue weighted by molar-refractivity contribution is 0.356. The summed E-state index contributed by atoms with van der Waals surface area (Å²) in [7, 11) is -0.0177. The minimum Gasteiger partial charge on any atom is -0.493 e. The average Bonchev–Trinajstić information content (AvgIpc) is 2.90. The van der Waals surface area contributed by atoms with E-state index in [0.29, 0.717) is 6.54 Å². The van der Waals surface area contributed by atoms with Crippen molar-refractivity contribution < 1.29 is 13.2 Å². The van der Waals surface area contributed by atoms with E-state index in [1.807, 2.05) is 6.07 Å². The van der Waals surface area contributed by atoms with Gasteiger partial charge < -0.3 is 10.1 Å². The van der Waals surface area contributed by atoms with Crippen LogP contribution < -0.4 is 10.1 Å². The number of nitrogens with zero attached hydrogens (tertiary/aromatic N) is 1. The van der Waals surface area contributed by atoms with E-state index in [4.69, 9.17) is 4.74 Å². The lowest BCUT2D eigenvalue weighted by atomic mass is 10.0. The Morgan fingerprint density at radius 2 is 2.14 bits per heavy atom. The molecule has 2 rings (SSSR count). The Morgan fingerprint density at radius 1 is 1.38 bits per heavy atom. The van der Waals surface area contributed by atoms with Crippen LogP contribution in [0.15, 0.2) is 18.2 Å². The van der Waals surface area contributed by atoms with Crippen molar-refractivity contribution in [3.05, 3.63) is 29.3 Å². The third kappa shape index (κ3) is 3.96. The molecular weight excluding hydrogens is 288 g/mol. The van der Waals surface area contributed by atoms with E-state index in [-0.39, 0.29) is 11.8 Å². The second-order valence-corrected chi connectivity index (χ2v) is 7.78. The molecule has 118 valence electrons. The highest BCUT2D eigenvalue weighted by Crippen LogP contribution is 2.29. The maximum atomic E-state index is 11.8. The van der Waals surface area contributed by atoms with Crippen LogP contribution in [0.25, 0.3) is 0 Å². The number of sulfonamides is 1. The Hall–Kier alpha value is -1.11. The SMILES string of the molecule is CCC(NCCS(=O)(=O)N(C)C)c1ccc2c(c1)CCO2. The minimum atomic E-state index is -3.14. The van der Waals surface area contributed by atoms with Gasteiger partial charge in [-0.05, 0) is 23.6 Å². The largest absolute Gasteiger partial charge is 0.493 e. The van der Waals surface area contributed by atoms with Gasteiger partial charge in [-0.2, -0.15) is 0 Å². The topological polar surface area (TPSA) is 58.6 Å². The normalized spacial score (nSPS) is 15.8. The highest BCUT2D eigenvalue weighted by atomic mass is 32.2. The molecule has 0 fully saturated rings. The fourth-order valence-corrected chi connectivity index (χ4v) is 3.21. The van der Waals surface area contributed by atoms with Crippen molar-refractivity contribution in [1.82, 2.24) is 9.62 Å². The van der Waals surface area contributed by atoms with Crippen LogP contribution in [0.2, 0.25) is 0 Å². The predicted octanol–water partition coefficient (Wildman–Crippen LogP) is 1.55. The lowest BCUT2D eigenvalue weighted by Gasteiger charge is -2.19. The first-order valence-corrected chi connectivity index (χ1v) is 8.94. The molecule has 0 amide bonds. The number of fused-ring (bicyclic) bond motifs is 1. The van der Waals surface area contributed by atoms with Crippen LogP contribution in [0.1, 0.15) is 30.5 Å². The molecule has 1 aromatic rings. The quantitative estimate of drug-likeness (QED) is 0.830. The van der Waals surface area contributed by atoms with Gasteiger partial charge in [0.05, 0.1) is 12.4 Å².